The van der Waals surface area contributed by atoms with Gasteiger partial charge in [-0.15, -0.1) is 0 Å². The van der Waals surface area contributed by atoms with Gasteiger partial charge in [0.2, 0.25) is 5.91 Å². The smallest absolute Gasteiger partial charge is 0.236 e. The topological polar surface area (TPSA) is 52.6 Å². The number of aromatic hydroxyl groups is 1. The summed E-state index contributed by atoms with van der Waals surface area (Å²) in [5.74, 6) is 0.422. The van der Waals surface area contributed by atoms with Crippen LogP contribution in [0.5, 0.6) is 5.75 Å². The van der Waals surface area contributed by atoms with Gasteiger partial charge >= 0.3 is 0 Å². The van der Waals surface area contributed by atoms with E-state index < -0.39 is 0 Å². The lowest BCUT2D eigenvalue weighted by atomic mass is 10.0. The lowest BCUT2D eigenvalue weighted by molar-refractivity contribution is -0.136. The number of phenolic OH excluding ortho intramolecular Hbond substituents is 1. The van der Waals surface area contributed by atoms with E-state index in [1.165, 1.54) is 31.4 Å². The number of carbonyl (C=O) groups excluding carboxylic acids is 1. The minimum absolute atomic E-state index is 0.129. The minimum atomic E-state index is 0.129. The van der Waals surface area contributed by atoms with Crippen molar-refractivity contribution < 1.29 is 9.90 Å². The van der Waals surface area contributed by atoms with Crippen LogP contribution in [0, 0.1) is 0 Å². The molecular formula is C14H18Cl2N2O2. The van der Waals surface area contributed by atoms with Crippen LogP contribution in [0.15, 0.2) is 18.2 Å². The van der Waals surface area contributed by atoms with Gasteiger partial charge in [0, 0.05) is 19.1 Å². The van der Waals surface area contributed by atoms with Gasteiger partial charge in [-0.1, -0.05) is 23.2 Å². The van der Waals surface area contributed by atoms with Crippen molar-refractivity contribution in [3.63, 3.8) is 0 Å². The lowest BCUT2D eigenvalue weighted by Gasteiger charge is -2.39. The molecule has 2 N–H and O–H groups in total. The molecule has 0 bridgehead atoms. The molecule has 2 aliphatic rings. The second kappa shape index (κ2) is 7.16. The van der Waals surface area contributed by atoms with Gasteiger partial charge in [0.1, 0.15) is 5.75 Å². The highest BCUT2D eigenvalue weighted by Gasteiger charge is 2.29. The highest BCUT2D eigenvalue weighted by Crippen LogP contribution is 2.25. The van der Waals surface area contributed by atoms with Crippen LogP contribution in [0.3, 0.4) is 0 Å². The van der Waals surface area contributed by atoms with Gasteiger partial charge < -0.3 is 15.3 Å². The zero-order valence-electron chi connectivity index (χ0n) is 11.1. The van der Waals surface area contributed by atoms with Crippen LogP contribution in [-0.2, 0) is 4.79 Å². The molecule has 4 nitrogen and oxygen atoms in total. The van der Waals surface area contributed by atoms with E-state index in [-0.39, 0.29) is 5.75 Å². The number of hydrogen-bond donors (Lipinski definition) is 2. The Bertz CT molecular complexity index is 480. The number of amides is 1. The van der Waals surface area contributed by atoms with Crippen LogP contribution in [0.4, 0.5) is 0 Å². The average Bonchev–Trinajstić information content (AvgIpc) is 2.45. The van der Waals surface area contributed by atoms with Crippen molar-refractivity contribution in [2.45, 2.75) is 25.3 Å². The maximum Gasteiger partial charge on any atom is 0.236 e. The number of carbonyl (C=O) groups is 1. The second-order valence-corrected chi connectivity index (χ2v) is 5.78. The summed E-state index contributed by atoms with van der Waals surface area (Å²) in [4.78, 5) is 13.3. The summed E-state index contributed by atoms with van der Waals surface area (Å²) >= 11 is 11.1. The Morgan fingerprint density at radius 1 is 1.25 bits per heavy atom. The van der Waals surface area contributed by atoms with E-state index in [2.05, 4.69) is 5.32 Å². The molecule has 1 atom stereocenters. The van der Waals surface area contributed by atoms with Crippen molar-refractivity contribution in [3.05, 3.63) is 28.2 Å². The number of piperazine rings is 1. The average molecular weight is 317 g/mol. The fraction of sp³-hybridized carbons (Fsp3) is 0.500. The summed E-state index contributed by atoms with van der Waals surface area (Å²) < 4.78 is 0. The summed E-state index contributed by atoms with van der Waals surface area (Å²) in [6.45, 7) is 2.55. The van der Waals surface area contributed by atoms with Gasteiger partial charge in [0.15, 0.2) is 0 Å². The third-order valence-corrected chi connectivity index (χ3v) is 4.25. The first kappa shape index (κ1) is 15.4. The number of benzene rings is 1. The molecule has 1 unspecified atom stereocenters. The van der Waals surface area contributed by atoms with Crippen LogP contribution >= 0.6 is 23.2 Å². The number of hydrogen-bond acceptors (Lipinski definition) is 3. The first-order chi connectivity index (χ1) is 9.58. The fourth-order valence-electron chi connectivity index (χ4n) is 2.47. The highest BCUT2D eigenvalue weighted by atomic mass is 35.5. The van der Waals surface area contributed by atoms with Crippen LogP contribution in [0.1, 0.15) is 19.3 Å². The molecule has 2 saturated heterocycles. The van der Waals surface area contributed by atoms with Gasteiger partial charge in [0.25, 0.3) is 0 Å². The molecule has 2 heterocycles. The molecule has 110 valence electrons. The van der Waals surface area contributed by atoms with Crippen LogP contribution in [0.2, 0.25) is 10.0 Å². The van der Waals surface area contributed by atoms with E-state index >= 15 is 0 Å². The SMILES string of the molecule is O=C1CNCC2CCCCN12.Oc1ccc(Cl)c(Cl)c1. The van der Waals surface area contributed by atoms with Crippen molar-refractivity contribution in [2.75, 3.05) is 19.6 Å². The zero-order valence-corrected chi connectivity index (χ0v) is 12.6. The molecule has 6 heteroatoms. The van der Waals surface area contributed by atoms with Crippen LogP contribution in [-0.4, -0.2) is 41.6 Å². The minimum Gasteiger partial charge on any atom is -0.508 e. The molecule has 1 amide bonds. The molecule has 2 fully saturated rings. The Hall–Kier alpha value is -0.970. The zero-order chi connectivity index (χ0) is 14.5. The Balaban J connectivity index is 0.000000151. The molecule has 0 aliphatic carbocycles. The molecule has 3 rings (SSSR count). The Morgan fingerprint density at radius 3 is 2.70 bits per heavy atom. The number of rotatable bonds is 0. The standard InChI is InChI=1S/C8H14N2O.C6H4Cl2O/c11-8-6-9-5-7-3-1-2-4-10(7)8;7-5-2-1-4(9)3-6(5)8/h7,9H,1-6H2;1-3,9H. The molecular weight excluding hydrogens is 299 g/mol. The maximum absolute atomic E-state index is 11.3. The molecule has 2 aliphatic heterocycles. The molecule has 1 aromatic carbocycles. The first-order valence-corrected chi connectivity index (χ1v) is 7.47. The third-order valence-electron chi connectivity index (χ3n) is 3.51. The quantitative estimate of drug-likeness (QED) is 0.773. The number of piperidine rings is 1. The Kier molecular flexibility index (Phi) is 5.52. The van der Waals surface area contributed by atoms with Crippen molar-refractivity contribution in [3.8, 4) is 5.75 Å². The van der Waals surface area contributed by atoms with Gasteiger partial charge in [0.05, 0.1) is 16.6 Å². The molecule has 20 heavy (non-hydrogen) atoms. The molecule has 0 spiro atoms. The molecule has 0 saturated carbocycles. The first-order valence-electron chi connectivity index (χ1n) is 6.72. The number of halogens is 2. The van der Waals surface area contributed by atoms with E-state index in [4.69, 9.17) is 28.3 Å². The lowest BCUT2D eigenvalue weighted by Crippen LogP contribution is -2.56. The maximum atomic E-state index is 11.3. The summed E-state index contributed by atoms with van der Waals surface area (Å²) in [6, 6.07) is 4.92. The Labute approximate surface area is 128 Å². The van der Waals surface area contributed by atoms with E-state index in [0.29, 0.717) is 28.5 Å². The van der Waals surface area contributed by atoms with Gasteiger partial charge in [-0.3, -0.25) is 4.79 Å². The largest absolute Gasteiger partial charge is 0.508 e. The third kappa shape index (κ3) is 4.01. The normalized spacial score (nSPS) is 21.8. The van der Waals surface area contributed by atoms with E-state index in [0.717, 1.165) is 13.1 Å². The Morgan fingerprint density at radius 2 is 2.05 bits per heavy atom. The number of nitrogens with zero attached hydrogens (tertiary/aromatic N) is 1. The van der Waals surface area contributed by atoms with Gasteiger partial charge in [-0.05, 0) is 37.5 Å². The highest BCUT2D eigenvalue weighted by molar-refractivity contribution is 6.42. The molecule has 0 aromatic heterocycles. The predicted molar refractivity (Wildman–Crippen MR) is 80.3 cm³/mol. The van der Waals surface area contributed by atoms with Gasteiger partial charge in [-0.2, -0.15) is 0 Å². The fourth-order valence-corrected chi connectivity index (χ4v) is 2.77. The number of nitrogens with one attached hydrogen (secondary N) is 1. The summed E-state index contributed by atoms with van der Waals surface area (Å²) in [5.41, 5.74) is 0. The van der Waals surface area contributed by atoms with Crippen LogP contribution in [0.25, 0.3) is 0 Å². The second-order valence-electron chi connectivity index (χ2n) is 4.97. The van der Waals surface area contributed by atoms with E-state index in [1.807, 2.05) is 4.90 Å². The molecule has 0 radical (unpaired) electrons. The monoisotopic (exact) mass is 316 g/mol. The van der Waals surface area contributed by atoms with Crippen molar-refractivity contribution in [1.82, 2.24) is 10.2 Å². The van der Waals surface area contributed by atoms with Crippen molar-refractivity contribution in [1.29, 1.82) is 0 Å². The predicted octanol–water partition coefficient (Wildman–Crippen LogP) is 2.67. The van der Waals surface area contributed by atoms with Crippen molar-refractivity contribution in [2.24, 2.45) is 0 Å². The summed E-state index contributed by atoms with van der Waals surface area (Å²) in [7, 11) is 0. The number of phenols is 1. The number of fused-ring (bicyclic) bond motifs is 1. The summed E-state index contributed by atoms with van der Waals surface area (Å²) in [5, 5.41) is 12.8. The van der Waals surface area contributed by atoms with Gasteiger partial charge in [-0.25, -0.2) is 0 Å². The molecule has 1 aromatic rings. The van der Waals surface area contributed by atoms with Crippen LogP contribution < -0.4 is 5.32 Å². The van der Waals surface area contributed by atoms with E-state index in [9.17, 15) is 4.79 Å². The van der Waals surface area contributed by atoms with E-state index in [1.54, 1.807) is 6.07 Å². The van der Waals surface area contributed by atoms with Crippen molar-refractivity contribution >= 4 is 29.1 Å². The summed E-state index contributed by atoms with van der Waals surface area (Å²) in [6.07, 6.45) is 3.68.